The van der Waals surface area contributed by atoms with Crippen molar-refractivity contribution >= 4 is 23.3 Å². The van der Waals surface area contributed by atoms with E-state index in [0.717, 1.165) is 11.1 Å². The first kappa shape index (κ1) is 18.9. The summed E-state index contributed by atoms with van der Waals surface area (Å²) in [7, 11) is 0. The molecule has 1 heterocycles. The van der Waals surface area contributed by atoms with Gasteiger partial charge >= 0.3 is 0 Å². The number of carbonyl (C=O) groups excluding carboxylic acids is 1. The quantitative estimate of drug-likeness (QED) is 0.642. The fourth-order valence-corrected chi connectivity index (χ4v) is 2.89. The highest BCUT2D eigenvalue weighted by Crippen LogP contribution is 2.17. The molecule has 5 nitrogen and oxygen atoms in total. The van der Waals surface area contributed by atoms with Gasteiger partial charge in [-0.25, -0.2) is 0 Å². The molecule has 0 fully saturated rings. The molecule has 0 bridgehead atoms. The summed E-state index contributed by atoms with van der Waals surface area (Å²) in [6.07, 6.45) is 0.702. The summed E-state index contributed by atoms with van der Waals surface area (Å²) in [5.74, 6) is 0.383. The Morgan fingerprint density at radius 3 is 2.56 bits per heavy atom. The summed E-state index contributed by atoms with van der Waals surface area (Å²) in [6.45, 7) is 2.55. The van der Waals surface area contributed by atoms with Gasteiger partial charge in [0.05, 0.1) is 0 Å². The molecule has 2 aromatic carbocycles. The number of hydrogen-bond donors (Lipinski definition) is 2. The second-order valence-electron chi connectivity index (χ2n) is 6.22. The van der Waals surface area contributed by atoms with E-state index in [4.69, 9.17) is 11.6 Å². The first-order valence-electron chi connectivity index (χ1n) is 8.79. The SMILES string of the molecule is CC(Nc1ccc(C(=O)NCCc2cccc(Cl)c2)nn1)c1ccccc1. The molecule has 0 aliphatic heterocycles. The van der Waals surface area contributed by atoms with E-state index in [2.05, 4.69) is 20.8 Å². The monoisotopic (exact) mass is 380 g/mol. The molecule has 138 valence electrons. The van der Waals surface area contributed by atoms with E-state index in [1.807, 2.05) is 61.5 Å². The molecular weight excluding hydrogens is 360 g/mol. The van der Waals surface area contributed by atoms with Gasteiger partial charge in [-0.15, -0.1) is 10.2 Å². The number of hydrogen-bond acceptors (Lipinski definition) is 4. The molecule has 6 heteroatoms. The lowest BCUT2D eigenvalue weighted by atomic mass is 10.1. The molecule has 0 aliphatic rings. The molecular formula is C21H21ClN4O. The highest BCUT2D eigenvalue weighted by atomic mass is 35.5. The van der Waals surface area contributed by atoms with Crippen LogP contribution in [-0.4, -0.2) is 22.6 Å². The molecule has 0 saturated heterocycles. The van der Waals surface area contributed by atoms with Crippen molar-refractivity contribution in [3.8, 4) is 0 Å². The number of benzene rings is 2. The first-order valence-corrected chi connectivity index (χ1v) is 9.17. The molecule has 0 saturated carbocycles. The zero-order chi connectivity index (χ0) is 19.1. The molecule has 0 aliphatic carbocycles. The van der Waals surface area contributed by atoms with Gasteiger partial charge in [-0.3, -0.25) is 4.79 Å². The molecule has 0 spiro atoms. The Morgan fingerprint density at radius 1 is 1.04 bits per heavy atom. The van der Waals surface area contributed by atoms with Crippen molar-refractivity contribution in [3.05, 3.63) is 88.6 Å². The maximum Gasteiger partial charge on any atom is 0.271 e. The van der Waals surface area contributed by atoms with E-state index in [0.29, 0.717) is 29.5 Å². The minimum Gasteiger partial charge on any atom is -0.362 e. The molecule has 2 N–H and O–H groups in total. The summed E-state index contributed by atoms with van der Waals surface area (Å²) < 4.78 is 0. The summed E-state index contributed by atoms with van der Waals surface area (Å²) in [4.78, 5) is 12.2. The lowest BCUT2D eigenvalue weighted by Crippen LogP contribution is -2.26. The third-order valence-electron chi connectivity index (χ3n) is 4.15. The van der Waals surface area contributed by atoms with Crippen LogP contribution in [0.1, 0.15) is 34.6 Å². The Kier molecular flexibility index (Phi) is 6.39. The summed E-state index contributed by atoms with van der Waals surface area (Å²) in [6, 6.07) is 21.2. The van der Waals surface area contributed by atoms with Gasteiger partial charge in [-0.2, -0.15) is 0 Å². The van der Waals surface area contributed by atoms with Crippen LogP contribution in [0.2, 0.25) is 5.02 Å². The Labute approximate surface area is 163 Å². The topological polar surface area (TPSA) is 66.9 Å². The van der Waals surface area contributed by atoms with Crippen LogP contribution in [0, 0.1) is 0 Å². The fraction of sp³-hybridized carbons (Fsp3) is 0.190. The minimum absolute atomic E-state index is 0.0953. The summed E-state index contributed by atoms with van der Waals surface area (Å²) in [5.41, 5.74) is 2.52. The molecule has 1 aromatic heterocycles. The van der Waals surface area contributed by atoms with E-state index in [1.165, 1.54) is 0 Å². The Morgan fingerprint density at radius 2 is 1.85 bits per heavy atom. The van der Waals surface area contributed by atoms with Crippen LogP contribution < -0.4 is 10.6 Å². The van der Waals surface area contributed by atoms with Crippen molar-refractivity contribution in [1.82, 2.24) is 15.5 Å². The van der Waals surface area contributed by atoms with Gasteiger partial charge in [-0.1, -0.05) is 54.1 Å². The van der Waals surface area contributed by atoms with Gasteiger partial charge in [0.15, 0.2) is 5.69 Å². The second kappa shape index (κ2) is 9.14. The zero-order valence-electron chi connectivity index (χ0n) is 15.0. The van der Waals surface area contributed by atoms with Gasteiger partial charge in [0.25, 0.3) is 5.91 Å². The Bertz CT molecular complexity index is 884. The number of halogens is 1. The van der Waals surface area contributed by atoms with Crippen LogP contribution in [0.15, 0.2) is 66.7 Å². The molecule has 3 aromatic rings. The van der Waals surface area contributed by atoms with E-state index < -0.39 is 0 Å². The van der Waals surface area contributed by atoms with E-state index in [9.17, 15) is 4.79 Å². The number of amides is 1. The number of anilines is 1. The number of nitrogens with zero attached hydrogens (tertiary/aromatic N) is 2. The normalized spacial score (nSPS) is 11.6. The maximum absolute atomic E-state index is 12.2. The predicted molar refractivity (Wildman–Crippen MR) is 108 cm³/mol. The minimum atomic E-state index is -0.243. The maximum atomic E-state index is 12.2. The van der Waals surface area contributed by atoms with Crippen molar-refractivity contribution in [3.63, 3.8) is 0 Å². The third-order valence-corrected chi connectivity index (χ3v) is 4.38. The van der Waals surface area contributed by atoms with Crippen molar-refractivity contribution in [2.45, 2.75) is 19.4 Å². The van der Waals surface area contributed by atoms with Crippen molar-refractivity contribution < 1.29 is 4.79 Å². The predicted octanol–water partition coefficient (Wildman–Crippen LogP) is 4.28. The smallest absolute Gasteiger partial charge is 0.271 e. The van der Waals surface area contributed by atoms with Gasteiger partial charge in [-0.05, 0) is 48.7 Å². The number of aromatic nitrogens is 2. The van der Waals surface area contributed by atoms with Gasteiger partial charge in [0, 0.05) is 17.6 Å². The molecule has 3 rings (SSSR count). The van der Waals surface area contributed by atoms with Crippen LogP contribution >= 0.6 is 11.6 Å². The number of nitrogens with one attached hydrogen (secondary N) is 2. The molecule has 1 unspecified atom stereocenters. The molecule has 27 heavy (non-hydrogen) atoms. The van der Waals surface area contributed by atoms with E-state index >= 15 is 0 Å². The van der Waals surface area contributed by atoms with Crippen LogP contribution in [0.25, 0.3) is 0 Å². The molecule has 0 radical (unpaired) electrons. The van der Waals surface area contributed by atoms with Crippen molar-refractivity contribution in [2.75, 3.05) is 11.9 Å². The third kappa shape index (κ3) is 5.53. The van der Waals surface area contributed by atoms with Crippen LogP contribution in [0.4, 0.5) is 5.82 Å². The number of rotatable bonds is 7. The fourth-order valence-electron chi connectivity index (χ4n) is 2.68. The highest BCUT2D eigenvalue weighted by Gasteiger charge is 2.10. The lowest BCUT2D eigenvalue weighted by Gasteiger charge is -2.14. The van der Waals surface area contributed by atoms with Crippen LogP contribution in [0.3, 0.4) is 0 Å². The Balaban J connectivity index is 1.51. The number of carbonyl (C=O) groups is 1. The average molecular weight is 381 g/mol. The van der Waals surface area contributed by atoms with E-state index in [1.54, 1.807) is 12.1 Å². The first-order chi connectivity index (χ1) is 13.1. The van der Waals surface area contributed by atoms with Gasteiger partial charge < -0.3 is 10.6 Å². The average Bonchev–Trinajstić information content (AvgIpc) is 2.69. The van der Waals surface area contributed by atoms with Crippen LogP contribution in [-0.2, 0) is 6.42 Å². The van der Waals surface area contributed by atoms with Gasteiger partial charge in [0.1, 0.15) is 5.82 Å². The second-order valence-corrected chi connectivity index (χ2v) is 6.65. The van der Waals surface area contributed by atoms with E-state index in [-0.39, 0.29) is 11.9 Å². The molecule has 1 atom stereocenters. The summed E-state index contributed by atoms with van der Waals surface area (Å²) >= 11 is 5.96. The Hall–Kier alpha value is -2.92. The highest BCUT2D eigenvalue weighted by molar-refractivity contribution is 6.30. The van der Waals surface area contributed by atoms with Crippen molar-refractivity contribution in [1.29, 1.82) is 0 Å². The van der Waals surface area contributed by atoms with Gasteiger partial charge in [0.2, 0.25) is 0 Å². The van der Waals surface area contributed by atoms with Crippen molar-refractivity contribution in [2.24, 2.45) is 0 Å². The standard InChI is InChI=1S/C21H21ClN4O/c1-15(17-7-3-2-4-8-17)24-20-11-10-19(25-26-20)21(27)23-13-12-16-6-5-9-18(22)14-16/h2-11,14-15H,12-13H2,1H3,(H,23,27)(H,24,26). The zero-order valence-corrected chi connectivity index (χ0v) is 15.8. The lowest BCUT2D eigenvalue weighted by molar-refractivity contribution is 0.0948. The largest absolute Gasteiger partial charge is 0.362 e. The van der Waals surface area contributed by atoms with Crippen LogP contribution in [0.5, 0.6) is 0 Å². The molecule has 1 amide bonds. The summed E-state index contributed by atoms with van der Waals surface area (Å²) in [5, 5.41) is 14.9.